The monoisotopic (exact) mass is 108 g/mol. The lowest BCUT2D eigenvalue weighted by Gasteiger charge is -1.74. The quantitative estimate of drug-likeness (QED) is 0.479. The van der Waals surface area contributed by atoms with Crippen LogP contribution in [0.4, 0.5) is 0 Å². The number of allylic oxidation sites excluding steroid dienone is 1. The number of nitriles is 2. The van der Waals surface area contributed by atoms with Crippen molar-refractivity contribution in [1.82, 2.24) is 0 Å². The molecule has 0 radical (unpaired) electrons. The van der Waals surface area contributed by atoms with Gasteiger partial charge in [-0.2, -0.15) is 10.5 Å². The van der Waals surface area contributed by atoms with Gasteiger partial charge in [0, 0.05) is 0 Å². The molecule has 0 amide bonds. The van der Waals surface area contributed by atoms with Gasteiger partial charge >= 0.3 is 0 Å². The maximum Gasteiger partial charge on any atom is 0.127 e. The second kappa shape index (κ2) is 3.86. The van der Waals surface area contributed by atoms with Crippen molar-refractivity contribution in [2.24, 2.45) is 0 Å². The van der Waals surface area contributed by atoms with E-state index in [0.717, 1.165) is 6.08 Å². The number of aliphatic hydroxyl groups is 1. The highest BCUT2D eigenvalue weighted by Crippen LogP contribution is 1.84. The van der Waals surface area contributed by atoms with Crippen LogP contribution in [0.2, 0.25) is 0 Å². The third kappa shape index (κ3) is 1.96. The molecular weight excluding hydrogens is 104 g/mol. The van der Waals surface area contributed by atoms with E-state index in [9.17, 15) is 0 Å². The molecule has 40 valence electrons. The van der Waals surface area contributed by atoms with Crippen LogP contribution < -0.4 is 0 Å². The lowest BCUT2D eigenvalue weighted by atomic mass is 10.3. The molecule has 0 aliphatic carbocycles. The lowest BCUT2D eigenvalue weighted by molar-refractivity contribution is 0.342. The van der Waals surface area contributed by atoms with Gasteiger partial charge in [0.25, 0.3) is 0 Å². The Morgan fingerprint density at radius 1 is 1.50 bits per heavy atom. The standard InChI is InChI=1S/C5H4N2O/c6-3-5(4-7)1-2-8/h1,8H,2H2. The van der Waals surface area contributed by atoms with Crippen LogP contribution in [0.15, 0.2) is 11.6 Å². The third-order valence-electron chi connectivity index (χ3n) is 0.536. The summed E-state index contributed by atoms with van der Waals surface area (Å²) in [5.74, 6) is 0. The van der Waals surface area contributed by atoms with E-state index in [0.29, 0.717) is 0 Å². The Morgan fingerprint density at radius 2 is 2.00 bits per heavy atom. The van der Waals surface area contributed by atoms with Crippen molar-refractivity contribution in [2.45, 2.75) is 0 Å². The van der Waals surface area contributed by atoms with Gasteiger partial charge in [0.1, 0.15) is 17.7 Å². The summed E-state index contributed by atoms with van der Waals surface area (Å²) in [6.07, 6.45) is 1.15. The molecule has 0 saturated heterocycles. The van der Waals surface area contributed by atoms with Crippen molar-refractivity contribution in [1.29, 1.82) is 10.5 Å². The van der Waals surface area contributed by atoms with E-state index in [1.165, 1.54) is 0 Å². The van der Waals surface area contributed by atoms with Gasteiger partial charge < -0.3 is 5.11 Å². The maximum absolute atomic E-state index is 8.12. The Bertz CT molecular complexity index is 154. The summed E-state index contributed by atoms with van der Waals surface area (Å²) in [4.78, 5) is 0. The highest BCUT2D eigenvalue weighted by molar-refractivity contribution is 5.34. The maximum atomic E-state index is 8.12. The van der Waals surface area contributed by atoms with Crippen LogP contribution in [0.3, 0.4) is 0 Å². The Kier molecular flexibility index (Phi) is 3.22. The number of hydrogen-bond acceptors (Lipinski definition) is 3. The summed E-state index contributed by atoms with van der Waals surface area (Å²) < 4.78 is 0. The van der Waals surface area contributed by atoms with Crippen molar-refractivity contribution >= 4 is 0 Å². The van der Waals surface area contributed by atoms with Crippen LogP contribution in [0.1, 0.15) is 0 Å². The predicted octanol–water partition coefficient (Wildman–Crippen LogP) is -0.0477. The molecule has 3 nitrogen and oxygen atoms in total. The minimum atomic E-state index is -0.254. The highest BCUT2D eigenvalue weighted by atomic mass is 16.2. The Balaban J connectivity index is 3.99. The Labute approximate surface area is 47.1 Å². The molecule has 0 aliphatic rings. The fourth-order valence-corrected chi connectivity index (χ4v) is 0.208. The van der Waals surface area contributed by atoms with E-state index in [1.54, 1.807) is 12.1 Å². The van der Waals surface area contributed by atoms with Gasteiger partial charge in [-0.25, -0.2) is 0 Å². The molecule has 0 atom stereocenters. The summed E-state index contributed by atoms with van der Waals surface area (Å²) in [6, 6.07) is 3.19. The second-order valence-electron chi connectivity index (χ2n) is 1.02. The Morgan fingerprint density at radius 3 is 2.12 bits per heavy atom. The second-order valence-corrected chi connectivity index (χ2v) is 1.02. The summed E-state index contributed by atoms with van der Waals surface area (Å²) in [5, 5.41) is 24.1. The third-order valence-corrected chi connectivity index (χ3v) is 0.536. The van der Waals surface area contributed by atoms with Crippen LogP contribution in [0.25, 0.3) is 0 Å². The van der Waals surface area contributed by atoms with Crippen molar-refractivity contribution in [2.75, 3.05) is 6.61 Å². The average Bonchev–Trinajstić information content (AvgIpc) is 1.83. The SMILES string of the molecule is N#CC(C#N)=CCO. The molecule has 0 unspecified atom stereocenters. The summed E-state index contributed by atoms with van der Waals surface area (Å²) in [5.41, 5.74) is -0.0486. The molecule has 0 aromatic heterocycles. The molecule has 0 aromatic carbocycles. The van der Waals surface area contributed by atoms with E-state index in [4.69, 9.17) is 15.6 Å². The number of aliphatic hydroxyl groups excluding tert-OH is 1. The molecule has 0 heterocycles. The van der Waals surface area contributed by atoms with Gasteiger partial charge in [0.05, 0.1) is 6.61 Å². The predicted molar refractivity (Wildman–Crippen MR) is 26.4 cm³/mol. The molecule has 0 rings (SSSR count). The normalized spacial score (nSPS) is 6.38. The molecule has 0 fully saturated rings. The first-order valence-corrected chi connectivity index (χ1v) is 1.96. The first-order chi connectivity index (χ1) is 3.85. The average molecular weight is 108 g/mol. The van der Waals surface area contributed by atoms with E-state index in [-0.39, 0.29) is 12.2 Å². The van der Waals surface area contributed by atoms with Gasteiger partial charge in [-0.15, -0.1) is 0 Å². The Hall–Kier alpha value is -1.32. The first-order valence-electron chi connectivity index (χ1n) is 1.96. The number of hydrogen-bond donors (Lipinski definition) is 1. The zero-order chi connectivity index (χ0) is 6.41. The summed E-state index contributed by atoms with van der Waals surface area (Å²) in [6.45, 7) is -0.254. The van der Waals surface area contributed by atoms with Gasteiger partial charge in [-0.1, -0.05) is 0 Å². The lowest BCUT2D eigenvalue weighted by Crippen LogP contribution is -1.76. The van der Waals surface area contributed by atoms with Crippen molar-refractivity contribution < 1.29 is 5.11 Å². The minimum absolute atomic E-state index is 0.0486. The largest absolute Gasteiger partial charge is 0.392 e. The number of rotatable bonds is 1. The smallest absolute Gasteiger partial charge is 0.127 e. The van der Waals surface area contributed by atoms with Gasteiger partial charge in [-0.3, -0.25) is 0 Å². The van der Waals surface area contributed by atoms with Crippen molar-refractivity contribution in [3.05, 3.63) is 11.6 Å². The van der Waals surface area contributed by atoms with Crippen LogP contribution in [0, 0.1) is 22.7 Å². The topological polar surface area (TPSA) is 67.8 Å². The molecule has 0 bridgehead atoms. The van der Waals surface area contributed by atoms with Crippen LogP contribution >= 0.6 is 0 Å². The minimum Gasteiger partial charge on any atom is -0.392 e. The number of nitrogens with zero attached hydrogens (tertiary/aromatic N) is 2. The van der Waals surface area contributed by atoms with Gasteiger partial charge in [0.15, 0.2) is 0 Å². The van der Waals surface area contributed by atoms with Crippen molar-refractivity contribution in [3.8, 4) is 12.1 Å². The first kappa shape index (κ1) is 6.68. The van der Waals surface area contributed by atoms with Crippen molar-refractivity contribution in [3.63, 3.8) is 0 Å². The van der Waals surface area contributed by atoms with Crippen LogP contribution in [-0.2, 0) is 0 Å². The fraction of sp³-hybridized carbons (Fsp3) is 0.200. The zero-order valence-corrected chi connectivity index (χ0v) is 4.13. The highest BCUT2D eigenvalue weighted by Gasteiger charge is 1.85. The van der Waals surface area contributed by atoms with Crippen LogP contribution in [-0.4, -0.2) is 11.7 Å². The summed E-state index contributed by atoms with van der Waals surface area (Å²) in [7, 11) is 0. The van der Waals surface area contributed by atoms with Crippen LogP contribution in [0.5, 0.6) is 0 Å². The molecule has 8 heavy (non-hydrogen) atoms. The zero-order valence-electron chi connectivity index (χ0n) is 4.13. The fourth-order valence-electron chi connectivity index (χ4n) is 0.208. The summed E-state index contributed by atoms with van der Waals surface area (Å²) >= 11 is 0. The molecule has 0 aliphatic heterocycles. The van der Waals surface area contributed by atoms with E-state index >= 15 is 0 Å². The van der Waals surface area contributed by atoms with Gasteiger partial charge in [-0.05, 0) is 6.08 Å². The molecule has 3 heteroatoms. The molecule has 1 N–H and O–H groups in total. The van der Waals surface area contributed by atoms with E-state index in [1.807, 2.05) is 0 Å². The molecule has 0 saturated carbocycles. The van der Waals surface area contributed by atoms with E-state index < -0.39 is 0 Å². The molecule has 0 aromatic rings. The van der Waals surface area contributed by atoms with E-state index in [2.05, 4.69) is 0 Å². The van der Waals surface area contributed by atoms with Gasteiger partial charge in [0.2, 0.25) is 0 Å². The molecular formula is C5H4N2O. The molecule has 0 spiro atoms.